The molecule has 1 atom stereocenters. The quantitative estimate of drug-likeness (QED) is 0.765. The summed E-state index contributed by atoms with van der Waals surface area (Å²) in [6.07, 6.45) is 3.00. The van der Waals surface area contributed by atoms with Crippen LogP contribution in [0.3, 0.4) is 0 Å². The highest BCUT2D eigenvalue weighted by Crippen LogP contribution is 2.28. The molecule has 1 heterocycles. The molecule has 0 bridgehead atoms. The molecule has 22 heavy (non-hydrogen) atoms. The summed E-state index contributed by atoms with van der Waals surface area (Å²) in [4.78, 5) is 15.5. The van der Waals surface area contributed by atoms with Gasteiger partial charge in [-0.1, -0.05) is 6.07 Å². The molecule has 0 aliphatic heterocycles. The third-order valence-corrected chi connectivity index (χ3v) is 4.67. The van der Waals surface area contributed by atoms with E-state index in [4.69, 9.17) is 4.74 Å². The van der Waals surface area contributed by atoms with Gasteiger partial charge in [0.2, 0.25) is 0 Å². The van der Waals surface area contributed by atoms with Crippen LogP contribution >= 0.6 is 11.3 Å². The van der Waals surface area contributed by atoms with Gasteiger partial charge in [-0.3, -0.25) is 0 Å². The molecule has 0 aromatic carbocycles. The van der Waals surface area contributed by atoms with Crippen molar-refractivity contribution in [2.24, 2.45) is 0 Å². The summed E-state index contributed by atoms with van der Waals surface area (Å²) in [5, 5.41) is 5.62. The van der Waals surface area contributed by atoms with Crippen LogP contribution in [0.15, 0.2) is 17.5 Å². The van der Waals surface area contributed by atoms with Crippen molar-refractivity contribution >= 4 is 17.4 Å². The Labute approximate surface area is 137 Å². The molecule has 1 unspecified atom stereocenters. The van der Waals surface area contributed by atoms with Crippen LogP contribution in [0.25, 0.3) is 0 Å². The molecule has 0 radical (unpaired) electrons. The predicted molar refractivity (Wildman–Crippen MR) is 91.3 cm³/mol. The van der Waals surface area contributed by atoms with Crippen molar-refractivity contribution in [1.29, 1.82) is 0 Å². The van der Waals surface area contributed by atoms with Crippen LogP contribution in [-0.4, -0.2) is 35.7 Å². The summed E-state index contributed by atoms with van der Waals surface area (Å²) in [5.41, 5.74) is -0.420. The summed E-state index contributed by atoms with van der Waals surface area (Å²) < 4.78 is 5.51. The summed E-state index contributed by atoms with van der Waals surface area (Å²) in [7, 11) is 0. The van der Waals surface area contributed by atoms with Crippen molar-refractivity contribution < 1.29 is 9.53 Å². The number of amides is 1. The zero-order chi connectivity index (χ0) is 16.2. The second-order valence-electron chi connectivity index (χ2n) is 6.95. The lowest BCUT2D eigenvalue weighted by Gasteiger charge is -2.27. The van der Waals surface area contributed by atoms with Gasteiger partial charge < -0.3 is 15.0 Å². The second-order valence-corrected chi connectivity index (χ2v) is 7.93. The number of nitrogens with one attached hydrogen (secondary N) is 1. The van der Waals surface area contributed by atoms with Crippen LogP contribution in [0.2, 0.25) is 0 Å². The topological polar surface area (TPSA) is 41.6 Å². The molecule has 1 saturated carbocycles. The summed E-state index contributed by atoms with van der Waals surface area (Å²) in [6.45, 7) is 9.61. The molecular weight excluding hydrogens is 296 g/mol. The number of ether oxygens (including phenoxy) is 1. The lowest BCUT2D eigenvalue weighted by Crippen LogP contribution is -2.39. The van der Waals surface area contributed by atoms with E-state index < -0.39 is 5.60 Å². The van der Waals surface area contributed by atoms with Gasteiger partial charge in [0, 0.05) is 23.5 Å². The number of hydrogen-bond donors (Lipinski definition) is 1. The standard InChI is InChI=1S/C17H28N2O2S/c1-13(15-7-5-12-22-15)18-10-6-11-19(14-8-9-14)16(20)21-17(2,3)4/h5,7,12-14,18H,6,8-11H2,1-4H3. The highest BCUT2D eigenvalue weighted by atomic mass is 32.1. The molecule has 0 saturated heterocycles. The Kier molecular flexibility index (Phi) is 5.87. The second kappa shape index (κ2) is 7.47. The lowest BCUT2D eigenvalue weighted by atomic mass is 10.2. The highest BCUT2D eigenvalue weighted by Gasteiger charge is 2.34. The first-order chi connectivity index (χ1) is 10.4. The number of carbonyl (C=O) groups is 1. The fourth-order valence-electron chi connectivity index (χ4n) is 2.34. The molecule has 1 aliphatic rings. The van der Waals surface area contributed by atoms with Crippen LogP contribution in [0.4, 0.5) is 4.79 Å². The van der Waals surface area contributed by atoms with E-state index in [9.17, 15) is 4.79 Å². The first-order valence-electron chi connectivity index (χ1n) is 8.13. The number of rotatable bonds is 7. The van der Waals surface area contributed by atoms with Gasteiger partial charge in [-0.2, -0.15) is 0 Å². The SMILES string of the molecule is CC(NCCCN(C(=O)OC(C)(C)C)C1CC1)c1cccs1. The van der Waals surface area contributed by atoms with Crippen LogP contribution < -0.4 is 5.32 Å². The van der Waals surface area contributed by atoms with E-state index in [0.717, 1.165) is 32.4 Å². The Morgan fingerprint density at radius 2 is 2.23 bits per heavy atom. The first-order valence-corrected chi connectivity index (χ1v) is 9.01. The Morgan fingerprint density at radius 1 is 1.50 bits per heavy atom. The lowest BCUT2D eigenvalue weighted by molar-refractivity contribution is 0.0232. The third kappa shape index (κ3) is 5.61. The van der Waals surface area contributed by atoms with E-state index >= 15 is 0 Å². The predicted octanol–water partition coefficient (Wildman–Crippen LogP) is 4.19. The number of hydrogen-bond acceptors (Lipinski definition) is 4. The van der Waals surface area contributed by atoms with E-state index in [2.05, 4.69) is 29.8 Å². The molecule has 1 aromatic heterocycles. The van der Waals surface area contributed by atoms with Crippen LogP contribution in [0.5, 0.6) is 0 Å². The van der Waals surface area contributed by atoms with Gasteiger partial charge in [-0.15, -0.1) is 11.3 Å². The van der Waals surface area contributed by atoms with Crippen molar-refractivity contribution in [2.75, 3.05) is 13.1 Å². The van der Waals surface area contributed by atoms with Gasteiger partial charge in [-0.25, -0.2) is 4.79 Å². The number of carbonyl (C=O) groups excluding carboxylic acids is 1. The zero-order valence-corrected chi connectivity index (χ0v) is 14.9. The van der Waals surface area contributed by atoms with Crippen molar-refractivity contribution in [3.63, 3.8) is 0 Å². The average Bonchev–Trinajstić information content (AvgIpc) is 3.09. The molecule has 4 nitrogen and oxygen atoms in total. The van der Waals surface area contributed by atoms with Crippen LogP contribution in [0, 0.1) is 0 Å². The van der Waals surface area contributed by atoms with Crippen molar-refractivity contribution in [3.05, 3.63) is 22.4 Å². The van der Waals surface area contributed by atoms with Gasteiger partial charge in [0.15, 0.2) is 0 Å². The maximum atomic E-state index is 12.2. The first kappa shape index (κ1) is 17.3. The van der Waals surface area contributed by atoms with E-state index in [0.29, 0.717) is 12.1 Å². The highest BCUT2D eigenvalue weighted by molar-refractivity contribution is 7.10. The number of thiophene rings is 1. The molecule has 5 heteroatoms. The minimum absolute atomic E-state index is 0.165. The molecule has 1 fully saturated rings. The summed E-state index contributed by atoms with van der Waals surface area (Å²) in [5.74, 6) is 0. The van der Waals surface area contributed by atoms with Crippen LogP contribution in [-0.2, 0) is 4.74 Å². The molecule has 1 amide bonds. The molecule has 2 rings (SSSR count). The Hall–Kier alpha value is -1.07. The van der Waals surface area contributed by atoms with Crippen LogP contribution in [0.1, 0.15) is 57.9 Å². The molecule has 1 aliphatic carbocycles. The monoisotopic (exact) mass is 324 g/mol. The molecular formula is C17H28N2O2S. The molecule has 1 aromatic rings. The third-order valence-electron chi connectivity index (χ3n) is 3.61. The smallest absolute Gasteiger partial charge is 0.410 e. The largest absolute Gasteiger partial charge is 0.444 e. The van der Waals surface area contributed by atoms with Gasteiger partial charge in [-0.05, 0) is 64.9 Å². The maximum Gasteiger partial charge on any atom is 0.410 e. The average molecular weight is 324 g/mol. The van der Waals surface area contributed by atoms with Crippen molar-refractivity contribution in [2.45, 2.75) is 64.6 Å². The fraction of sp³-hybridized carbons (Fsp3) is 0.706. The molecule has 1 N–H and O–H groups in total. The van der Waals surface area contributed by atoms with E-state index in [1.54, 1.807) is 11.3 Å². The van der Waals surface area contributed by atoms with E-state index in [1.165, 1.54) is 4.88 Å². The maximum absolute atomic E-state index is 12.2. The zero-order valence-electron chi connectivity index (χ0n) is 14.1. The van der Waals surface area contributed by atoms with E-state index in [1.807, 2.05) is 25.7 Å². The Bertz CT molecular complexity index is 464. The minimum Gasteiger partial charge on any atom is -0.444 e. The normalized spacial score (nSPS) is 16.4. The summed E-state index contributed by atoms with van der Waals surface area (Å²) >= 11 is 1.77. The van der Waals surface area contributed by atoms with Gasteiger partial charge in [0.1, 0.15) is 5.60 Å². The molecule has 0 spiro atoms. The molecule has 124 valence electrons. The fourth-order valence-corrected chi connectivity index (χ4v) is 3.09. The Balaban J connectivity index is 1.72. The van der Waals surface area contributed by atoms with Gasteiger partial charge in [0.05, 0.1) is 0 Å². The van der Waals surface area contributed by atoms with Crippen molar-refractivity contribution in [1.82, 2.24) is 10.2 Å². The van der Waals surface area contributed by atoms with Gasteiger partial charge >= 0.3 is 6.09 Å². The summed E-state index contributed by atoms with van der Waals surface area (Å²) in [6, 6.07) is 5.00. The number of nitrogens with zero attached hydrogens (tertiary/aromatic N) is 1. The van der Waals surface area contributed by atoms with E-state index in [-0.39, 0.29) is 6.09 Å². The van der Waals surface area contributed by atoms with Crippen molar-refractivity contribution in [3.8, 4) is 0 Å². The van der Waals surface area contributed by atoms with Gasteiger partial charge in [0.25, 0.3) is 0 Å². The minimum atomic E-state index is -0.420. The Morgan fingerprint density at radius 3 is 2.77 bits per heavy atom.